The number of carbonyl (C=O) groups excluding carboxylic acids is 2. The number of amides is 2. The van der Waals surface area contributed by atoms with Crippen molar-refractivity contribution in [2.24, 2.45) is 0 Å². The zero-order valence-electron chi connectivity index (χ0n) is 15.7. The van der Waals surface area contributed by atoms with E-state index in [0.29, 0.717) is 18.7 Å². The Bertz CT molecular complexity index is 723. The van der Waals surface area contributed by atoms with Crippen LogP contribution in [0.2, 0.25) is 0 Å². The average molecular weight is 341 g/mol. The molecule has 5 heteroatoms. The molecule has 1 aromatic carbocycles. The summed E-state index contributed by atoms with van der Waals surface area (Å²) in [5.74, 6) is -0.177. The van der Waals surface area contributed by atoms with Gasteiger partial charge in [-0.05, 0) is 64.1 Å². The van der Waals surface area contributed by atoms with Gasteiger partial charge in [0.1, 0.15) is 0 Å². The van der Waals surface area contributed by atoms with Gasteiger partial charge in [-0.25, -0.2) is 0 Å². The molecule has 0 aliphatic rings. The summed E-state index contributed by atoms with van der Waals surface area (Å²) in [4.78, 5) is 27.9. The first kappa shape index (κ1) is 18.8. The first-order valence-electron chi connectivity index (χ1n) is 8.67. The van der Waals surface area contributed by atoms with E-state index < -0.39 is 0 Å². The van der Waals surface area contributed by atoms with Gasteiger partial charge < -0.3 is 14.4 Å². The lowest BCUT2D eigenvalue weighted by Crippen LogP contribution is -2.41. The zero-order valence-corrected chi connectivity index (χ0v) is 15.7. The van der Waals surface area contributed by atoms with Crippen LogP contribution in [0, 0.1) is 13.8 Å². The van der Waals surface area contributed by atoms with Gasteiger partial charge in [0, 0.05) is 42.8 Å². The Labute approximate surface area is 149 Å². The zero-order chi connectivity index (χ0) is 18.6. The molecule has 2 amide bonds. The molecule has 0 fully saturated rings. The SMILES string of the molecule is CCN(CC)C(=O)CN(C)C(=O)c1ccc(-n2c(C)ccc2C)cc1. The molecule has 0 saturated carbocycles. The van der Waals surface area contributed by atoms with E-state index in [9.17, 15) is 9.59 Å². The maximum absolute atomic E-state index is 12.6. The standard InChI is InChI=1S/C20H27N3O2/c1-6-22(7-2)19(24)14-21(5)20(25)17-10-12-18(13-11-17)23-15(3)8-9-16(23)4/h8-13H,6-7,14H2,1-5H3. The summed E-state index contributed by atoms with van der Waals surface area (Å²) in [6.45, 7) is 9.39. The maximum Gasteiger partial charge on any atom is 0.254 e. The molecule has 0 aliphatic heterocycles. The molecule has 5 nitrogen and oxygen atoms in total. The highest BCUT2D eigenvalue weighted by atomic mass is 16.2. The lowest BCUT2D eigenvalue weighted by molar-refractivity contribution is -0.131. The van der Waals surface area contributed by atoms with Gasteiger partial charge in [-0.15, -0.1) is 0 Å². The van der Waals surface area contributed by atoms with E-state index in [2.05, 4.69) is 30.5 Å². The van der Waals surface area contributed by atoms with Crippen LogP contribution >= 0.6 is 0 Å². The van der Waals surface area contributed by atoms with Gasteiger partial charge in [0.25, 0.3) is 5.91 Å². The summed E-state index contributed by atoms with van der Waals surface area (Å²) in [5.41, 5.74) is 3.91. The van der Waals surface area contributed by atoms with Crippen molar-refractivity contribution in [2.75, 3.05) is 26.7 Å². The smallest absolute Gasteiger partial charge is 0.254 e. The molecule has 0 saturated heterocycles. The summed E-state index contributed by atoms with van der Waals surface area (Å²) in [6.07, 6.45) is 0. The van der Waals surface area contributed by atoms with E-state index in [1.54, 1.807) is 11.9 Å². The molecule has 25 heavy (non-hydrogen) atoms. The molecule has 2 aromatic rings. The van der Waals surface area contributed by atoms with E-state index in [-0.39, 0.29) is 18.4 Å². The van der Waals surface area contributed by atoms with Crippen molar-refractivity contribution in [1.82, 2.24) is 14.4 Å². The van der Waals surface area contributed by atoms with E-state index in [4.69, 9.17) is 0 Å². The minimum Gasteiger partial charge on any atom is -0.342 e. The molecule has 0 aliphatic carbocycles. The van der Waals surface area contributed by atoms with Crippen LogP contribution in [0.15, 0.2) is 36.4 Å². The van der Waals surface area contributed by atoms with Crippen molar-refractivity contribution < 1.29 is 9.59 Å². The van der Waals surface area contributed by atoms with Crippen molar-refractivity contribution in [1.29, 1.82) is 0 Å². The Morgan fingerprint density at radius 1 is 0.920 bits per heavy atom. The molecule has 1 heterocycles. The number of hydrogen-bond donors (Lipinski definition) is 0. The second-order valence-electron chi connectivity index (χ2n) is 6.23. The molecule has 1 aromatic heterocycles. The highest BCUT2D eigenvalue weighted by molar-refractivity contribution is 5.96. The lowest BCUT2D eigenvalue weighted by atomic mass is 10.1. The molecular formula is C20H27N3O2. The first-order valence-corrected chi connectivity index (χ1v) is 8.67. The fourth-order valence-electron chi connectivity index (χ4n) is 3.00. The third-order valence-electron chi connectivity index (χ3n) is 4.48. The van der Waals surface area contributed by atoms with Gasteiger partial charge in [-0.1, -0.05) is 0 Å². The van der Waals surface area contributed by atoms with Crippen molar-refractivity contribution in [3.63, 3.8) is 0 Å². The summed E-state index contributed by atoms with van der Waals surface area (Å²) in [5, 5.41) is 0. The Kier molecular flexibility index (Phi) is 6.02. The van der Waals surface area contributed by atoms with Crippen LogP contribution in [-0.2, 0) is 4.79 Å². The summed E-state index contributed by atoms with van der Waals surface area (Å²) in [6, 6.07) is 11.6. The molecule has 0 radical (unpaired) electrons. The molecule has 0 spiro atoms. The summed E-state index contributed by atoms with van der Waals surface area (Å²) < 4.78 is 2.14. The summed E-state index contributed by atoms with van der Waals surface area (Å²) >= 11 is 0. The van der Waals surface area contributed by atoms with Gasteiger partial charge >= 0.3 is 0 Å². The predicted molar refractivity (Wildman–Crippen MR) is 100 cm³/mol. The number of aryl methyl sites for hydroxylation is 2. The number of likely N-dealkylation sites (N-methyl/N-ethyl adjacent to an activating group) is 2. The minimum atomic E-state index is -0.145. The largest absolute Gasteiger partial charge is 0.342 e. The van der Waals surface area contributed by atoms with Crippen molar-refractivity contribution in [2.45, 2.75) is 27.7 Å². The highest BCUT2D eigenvalue weighted by Gasteiger charge is 2.18. The van der Waals surface area contributed by atoms with Gasteiger partial charge in [0.15, 0.2) is 0 Å². The number of rotatable bonds is 6. The van der Waals surface area contributed by atoms with Gasteiger partial charge in [-0.2, -0.15) is 0 Å². The maximum atomic E-state index is 12.6. The Morgan fingerprint density at radius 2 is 1.44 bits per heavy atom. The molecule has 0 bridgehead atoms. The highest BCUT2D eigenvalue weighted by Crippen LogP contribution is 2.17. The van der Waals surface area contributed by atoms with Gasteiger partial charge in [0.05, 0.1) is 6.54 Å². The van der Waals surface area contributed by atoms with Crippen molar-refractivity contribution >= 4 is 11.8 Å². The van der Waals surface area contributed by atoms with Crippen LogP contribution in [0.25, 0.3) is 5.69 Å². The number of hydrogen-bond acceptors (Lipinski definition) is 2. The van der Waals surface area contributed by atoms with E-state index in [1.807, 2.05) is 38.1 Å². The second kappa shape index (κ2) is 8.01. The third-order valence-corrected chi connectivity index (χ3v) is 4.48. The van der Waals surface area contributed by atoms with Crippen LogP contribution in [-0.4, -0.2) is 52.9 Å². The van der Waals surface area contributed by atoms with Crippen LogP contribution in [0.5, 0.6) is 0 Å². The monoisotopic (exact) mass is 341 g/mol. The minimum absolute atomic E-state index is 0.0314. The normalized spacial score (nSPS) is 10.6. The first-order chi connectivity index (χ1) is 11.9. The number of nitrogens with zero attached hydrogens (tertiary/aromatic N) is 3. The molecule has 134 valence electrons. The molecule has 0 unspecified atom stereocenters. The van der Waals surface area contributed by atoms with Crippen LogP contribution in [0.1, 0.15) is 35.6 Å². The average Bonchev–Trinajstić information content (AvgIpc) is 2.94. The molecule has 2 rings (SSSR count). The Hall–Kier alpha value is -2.56. The number of aromatic nitrogens is 1. The van der Waals surface area contributed by atoms with E-state index >= 15 is 0 Å². The Morgan fingerprint density at radius 3 is 1.92 bits per heavy atom. The molecular weight excluding hydrogens is 314 g/mol. The van der Waals surface area contributed by atoms with Crippen LogP contribution in [0.4, 0.5) is 0 Å². The number of benzene rings is 1. The molecule has 0 atom stereocenters. The van der Waals surface area contributed by atoms with Crippen LogP contribution < -0.4 is 0 Å². The third kappa shape index (κ3) is 4.10. The predicted octanol–water partition coefficient (Wildman–Crippen LogP) is 3.03. The van der Waals surface area contributed by atoms with Crippen LogP contribution in [0.3, 0.4) is 0 Å². The summed E-state index contributed by atoms with van der Waals surface area (Å²) in [7, 11) is 1.66. The van der Waals surface area contributed by atoms with Crippen molar-refractivity contribution in [3.8, 4) is 5.69 Å². The topological polar surface area (TPSA) is 45.6 Å². The van der Waals surface area contributed by atoms with E-state index in [1.165, 1.54) is 4.90 Å². The fourth-order valence-corrected chi connectivity index (χ4v) is 3.00. The number of carbonyl (C=O) groups is 2. The van der Waals surface area contributed by atoms with Gasteiger partial charge in [0.2, 0.25) is 5.91 Å². The Balaban J connectivity index is 2.11. The van der Waals surface area contributed by atoms with Crippen molar-refractivity contribution in [3.05, 3.63) is 53.3 Å². The fraction of sp³-hybridized carbons (Fsp3) is 0.400. The lowest BCUT2D eigenvalue weighted by Gasteiger charge is -2.23. The second-order valence-corrected chi connectivity index (χ2v) is 6.23. The van der Waals surface area contributed by atoms with E-state index in [0.717, 1.165) is 17.1 Å². The van der Waals surface area contributed by atoms with Gasteiger partial charge in [-0.3, -0.25) is 9.59 Å². The molecule has 0 N–H and O–H groups in total. The quantitative estimate of drug-likeness (QED) is 0.811.